The molecule has 0 aliphatic carbocycles. The van der Waals surface area contributed by atoms with Gasteiger partial charge in [0, 0.05) is 47.4 Å². The molecular weight excluding hydrogens is 481 g/mol. The van der Waals surface area contributed by atoms with Gasteiger partial charge in [0.1, 0.15) is 6.54 Å². The summed E-state index contributed by atoms with van der Waals surface area (Å²) in [6, 6.07) is 12.2. The Bertz CT molecular complexity index is 1380. The minimum atomic E-state index is -4.48. The second kappa shape index (κ2) is 9.95. The van der Waals surface area contributed by atoms with Gasteiger partial charge in [-0.25, -0.2) is 0 Å². The number of amides is 1. The zero-order chi connectivity index (χ0) is 26.2. The van der Waals surface area contributed by atoms with Crippen molar-refractivity contribution >= 4 is 28.2 Å². The molecule has 2 unspecified atom stereocenters. The maximum atomic E-state index is 14.1. The SMILES string of the molecule is CC1CCC(c2cccc3c2ccn3CC(N)=O)=NOC1c1ccc(N2CC=CCC2)c(C(F)(F)F)c1. The zero-order valence-corrected chi connectivity index (χ0v) is 20.5. The van der Waals surface area contributed by atoms with Crippen molar-refractivity contribution in [2.24, 2.45) is 16.8 Å². The fourth-order valence-corrected chi connectivity index (χ4v) is 5.23. The highest BCUT2D eigenvalue weighted by molar-refractivity contribution is 6.10. The molecule has 0 radical (unpaired) electrons. The van der Waals surface area contributed by atoms with Gasteiger partial charge in [0.05, 0.1) is 11.3 Å². The molecule has 2 aliphatic rings. The van der Waals surface area contributed by atoms with Gasteiger partial charge >= 0.3 is 6.18 Å². The number of benzene rings is 2. The lowest BCUT2D eigenvalue weighted by Gasteiger charge is -2.29. The number of carbonyl (C=O) groups is 1. The average molecular weight is 511 g/mol. The monoisotopic (exact) mass is 510 g/mol. The Morgan fingerprint density at radius 1 is 1.19 bits per heavy atom. The maximum absolute atomic E-state index is 14.1. The summed E-state index contributed by atoms with van der Waals surface area (Å²) in [5, 5.41) is 5.35. The number of rotatable bonds is 5. The third kappa shape index (κ3) is 5.08. The standard InChI is InChI=1S/C28H29F3N4O2/c1-18-8-10-23(20-6-5-7-24-21(20)12-15-35(24)17-26(32)36)33-37-27(18)19-9-11-25(22(16-19)28(29,30)31)34-13-3-2-4-14-34/h2-3,5-7,9,11-12,15-16,18,27H,4,8,10,13-14,17H2,1H3,(H2,32,36). The van der Waals surface area contributed by atoms with Crippen LogP contribution in [-0.2, 0) is 22.4 Å². The molecule has 1 aromatic heterocycles. The first kappa shape index (κ1) is 24.9. The van der Waals surface area contributed by atoms with Crippen molar-refractivity contribution in [1.82, 2.24) is 4.57 Å². The highest BCUT2D eigenvalue weighted by Crippen LogP contribution is 2.41. The number of nitrogens with zero attached hydrogens (tertiary/aromatic N) is 3. The lowest BCUT2D eigenvalue weighted by Crippen LogP contribution is -2.29. The van der Waals surface area contributed by atoms with E-state index in [2.05, 4.69) is 5.16 Å². The van der Waals surface area contributed by atoms with E-state index < -0.39 is 23.8 Å². The Balaban J connectivity index is 1.47. The molecule has 9 heteroatoms. The van der Waals surface area contributed by atoms with Gasteiger partial charge in [-0.1, -0.05) is 42.4 Å². The molecule has 1 amide bonds. The maximum Gasteiger partial charge on any atom is 0.418 e. The molecule has 3 aromatic rings. The van der Waals surface area contributed by atoms with Gasteiger partial charge in [-0.15, -0.1) is 0 Å². The second-order valence-electron chi connectivity index (χ2n) is 9.71. The number of aromatic nitrogens is 1. The molecule has 37 heavy (non-hydrogen) atoms. The van der Waals surface area contributed by atoms with Crippen LogP contribution in [0.2, 0.25) is 0 Å². The van der Waals surface area contributed by atoms with Crippen molar-refractivity contribution < 1.29 is 22.8 Å². The number of oxime groups is 1. The minimum Gasteiger partial charge on any atom is -0.387 e. The van der Waals surface area contributed by atoms with E-state index in [1.165, 1.54) is 6.07 Å². The van der Waals surface area contributed by atoms with Gasteiger partial charge in [0.15, 0.2) is 6.10 Å². The third-order valence-corrected chi connectivity index (χ3v) is 7.13. The van der Waals surface area contributed by atoms with Gasteiger partial charge in [0.25, 0.3) is 0 Å². The number of fused-ring (bicyclic) bond motifs is 1. The van der Waals surface area contributed by atoms with E-state index in [-0.39, 0.29) is 18.2 Å². The molecule has 2 N–H and O–H groups in total. The van der Waals surface area contributed by atoms with Crippen molar-refractivity contribution in [3.05, 3.63) is 77.5 Å². The molecule has 0 spiro atoms. The highest BCUT2D eigenvalue weighted by Gasteiger charge is 2.37. The van der Waals surface area contributed by atoms with Crippen LogP contribution in [0.25, 0.3) is 10.9 Å². The van der Waals surface area contributed by atoms with Crippen LogP contribution in [0.15, 0.2) is 66.0 Å². The predicted molar refractivity (Wildman–Crippen MR) is 137 cm³/mol. The van der Waals surface area contributed by atoms with Gasteiger partial charge in [-0.3, -0.25) is 4.79 Å². The van der Waals surface area contributed by atoms with E-state index in [1.807, 2.05) is 43.3 Å². The van der Waals surface area contributed by atoms with Gasteiger partial charge in [0.2, 0.25) is 5.91 Å². The van der Waals surface area contributed by atoms with Crippen LogP contribution in [-0.4, -0.2) is 29.3 Å². The topological polar surface area (TPSA) is 72.8 Å². The van der Waals surface area contributed by atoms with Crippen molar-refractivity contribution in [3.63, 3.8) is 0 Å². The summed E-state index contributed by atoms with van der Waals surface area (Å²) in [7, 11) is 0. The number of anilines is 1. The van der Waals surface area contributed by atoms with Crippen molar-refractivity contribution in [2.75, 3.05) is 18.0 Å². The summed E-state index contributed by atoms with van der Waals surface area (Å²) in [4.78, 5) is 19.1. The van der Waals surface area contributed by atoms with Gasteiger partial charge in [-0.2, -0.15) is 13.2 Å². The summed E-state index contributed by atoms with van der Waals surface area (Å²) in [6.07, 6.45) is 2.63. The lowest BCUT2D eigenvalue weighted by atomic mass is 9.90. The van der Waals surface area contributed by atoms with Crippen molar-refractivity contribution in [3.8, 4) is 0 Å². The van der Waals surface area contributed by atoms with E-state index in [0.29, 0.717) is 31.5 Å². The first-order valence-electron chi connectivity index (χ1n) is 12.4. The highest BCUT2D eigenvalue weighted by atomic mass is 19.4. The Morgan fingerprint density at radius 3 is 2.76 bits per heavy atom. The molecule has 6 nitrogen and oxygen atoms in total. The largest absolute Gasteiger partial charge is 0.418 e. The van der Waals surface area contributed by atoms with Gasteiger partial charge in [-0.05, 0) is 49.1 Å². The van der Waals surface area contributed by atoms with E-state index in [9.17, 15) is 18.0 Å². The fourth-order valence-electron chi connectivity index (χ4n) is 5.23. The molecule has 3 heterocycles. The molecule has 2 atom stereocenters. The molecule has 0 bridgehead atoms. The van der Waals surface area contributed by atoms with Crippen LogP contribution in [0.4, 0.5) is 18.9 Å². The Hall–Kier alpha value is -3.75. The molecular formula is C28H29F3N4O2. The molecule has 194 valence electrons. The quantitative estimate of drug-likeness (QED) is 0.441. The summed E-state index contributed by atoms with van der Waals surface area (Å²) < 4.78 is 44.1. The number of hydrogen-bond acceptors (Lipinski definition) is 4. The van der Waals surface area contributed by atoms with E-state index in [4.69, 9.17) is 10.6 Å². The number of nitrogens with two attached hydrogens (primary N) is 1. The first-order valence-corrected chi connectivity index (χ1v) is 12.4. The second-order valence-corrected chi connectivity index (χ2v) is 9.71. The third-order valence-electron chi connectivity index (χ3n) is 7.13. The first-order chi connectivity index (χ1) is 17.7. The van der Waals surface area contributed by atoms with Crippen LogP contribution in [0.1, 0.15) is 49.0 Å². The smallest absolute Gasteiger partial charge is 0.387 e. The molecule has 0 saturated heterocycles. The Kier molecular flexibility index (Phi) is 6.70. The van der Waals surface area contributed by atoms with E-state index in [1.54, 1.807) is 27.8 Å². The van der Waals surface area contributed by atoms with Crippen molar-refractivity contribution in [2.45, 2.75) is 45.0 Å². The number of carbonyl (C=O) groups excluding carboxylic acids is 1. The van der Waals surface area contributed by atoms with E-state index in [0.717, 1.165) is 28.6 Å². The van der Waals surface area contributed by atoms with Crippen LogP contribution < -0.4 is 10.6 Å². The van der Waals surface area contributed by atoms with Crippen LogP contribution in [0.3, 0.4) is 0 Å². The van der Waals surface area contributed by atoms with Gasteiger partial charge < -0.3 is 20.0 Å². The van der Waals surface area contributed by atoms with Crippen LogP contribution >= 0.6 is 0 Å². The lowest BCUT2D eigenvalue weighted by molar-refractivity contribution is -0.137. The summed E-state index contributed by atoms with van der Waals surface area (Å²) in [5.74, 6) is -0.486. The fraction of sp³-hybridized carbons (Fsp3) is 0.357. The predicted octanol–water partition coefficient (Wildman–Crippen LogP) is 5.80. The molecule has 5 rings (SSSR count). The molecule has 2 aliphatic heterocycles. The summed E-state index contributed by atoms with van der Waals surface area (Å²) >= 11 is 0. The average Bonchev–Trinajstić information content (AvgIpc) is 3.17. The Labute approximate surface area is 213 Å². The normalized spacial score (nSPS) is 20.4. The number of halogens is 3. The zero-order valence-electron chi connectivity index (χ0n) is 20.5. The van der Waals surface area contributed by atoms with Crippen molar-refractivity contribution in [1.29, 1.82) is 0 Å². The summed E-state index contributed by atoms with van der Waals surface area (Å²) in [5.41, 5.74) is 7.83. The molecule has 0 fully saturated rings. The minimum absolute atomic E-state index is 0.0511. The molecule has 2 aromatic carbocycles. The molecule has 0 saturated carbocycles. The number of hydrogen-bond donors (Lipinski definition) is 1. The van der Waals surface area contributed by atoms with E-state index >= 15 is 0 Å². The summed E-state index contributed by atoms with van der Waals surface area (Å²) in [6.45, 7) is 3.05. The number of primary amides is 1. The number of alkyl halides is 3. The Morgan fingerprint density at radius 2 is 2.03 bits per heavy atom. The van der Waals surface area contributed by atoms with Crippen LogP contribution in [0, 0.1) is 5.92 Å². The van der Waals surface area contributed by atoms with Crippen LogP contribution in [0.5, 0.6) is 0 Å².